The summed E-state index contributed by atoms with van der Waals surface area (Å²) in [5.74, 6) is -0.316. The summed E-state index contributed by atoms with van der Waals surface area (Å²) >= 11 is 0. The van der Waals surface area contributed by atoms with Gasteiger partial charge in [0.15, 0.2) is 0 Å². The van der Waals surface area contributed by atoms with E-state index in [0.29, 0.717) is 6.42 Å². The fraction of sp³-hybridized carbons (Fsp3) is 0.385. The molecule has 90 valence electrons. The lowest BCUT2D eigenvalue weighted by molar-refractivity contribution is -0.133. The summed E-state index contributed by atoms with van der Waals surface area (Å²) in [6.07, 6.45) is 0.911. The molecule has 0 fully saturated rings. The standard InChI is InChI=1S/C13H16N2O2/c1-15(2)12(16)8-10-7-9-5-3-4-6-11(9)14-13(10)17/h3-6,10H,7-8H2,1-2H3,(H,14,17). The van der Waals surface area contributed by atoms with Crippen LogP contribution < -0.4 is 5.32 Å². The Kier molecular flexibility index (Phi) is 3.13. The Labute approximate surface area is 101 Å². The predicted molar refractivity (Wildman–Crippen MR) is 65.6 cm³/mol. The fourth-order valence-corrected chi connectivity index (χ4v) is 1.97. The Bertz CT molecular complexity index is 454. The molecule has 4 nitrogen and oxygen atoms in total. The maximum absolute atomic E-state index is 11.8. The van der Waals surface area contributed by atoms with Crippen molar-refractivity contribution < 1.29 is 9.59 Å². The fourth-order valence-electron chi connectivity index (χ4n) is 1.97. The van der Waals surface area contributed by atoms with Crippen LogP contribution in [0, 0.1) is 5.92 Å². The maximum atomic E-state index is 11.8. The lowest BCUT2D eigenvalue weighted by Gasteiger charge is -2.25. The third kappa shape index (κ3) is 2.46. The summed E-state index contributed by atoms with van der Waals surface area (Å²) in [5, 5.41) is 2.84. The number of anilines is 1. The molecule has 0 bridgehead atoms. The molecule has 1 atom stereocenters. The number of carbonyl (C=O) groups excluding carboxylic acids is 2. The third-order valence-corrected chi connectivity index (χ3v) is 3.03. The summed E-state index contributed by atoms with van der Waals surface area (Å²) in [5.41, 5.74) is 1.97. The molecule has 2 amide bonds. The summed E-state index contributed by atoms with van der Waals surface area (Å²) < 4.78 is 0. The van der Waals surface area contributed by atoms with Gasteiger partial charge in [-0.05, 0) is 18.1 Å². The van der Waals surface area contributed by atoms with Crippen LogP contribution in [-0.2, 0) is 16.0 Å². The van der Waals surface area contributed by atoms with E-state index in [1.54, 1.807) is 14.1 Å². The Morgan fingerprint density at radius 2 is 2.12 bits per heavy atom. The minimum atomic E-state index is -0.250. The highest BCUT2D eigenvalue weighted by Gasteiger charge is 2.28. The average Bonchev–Trinajstić information content (AvgIpc) is 2.29. The van der Waals surface area contributed by atoms with Crippen LogP contribution in [0.1, 0.15) is 12.0 Å². The molecule has 0 aliphatic carbocycles. The first-order valence-corrected chi connectivity index (χ1v) is 5.67. The zero-order valence-electron chi connectivity index (χ0n) is 10.1. The number of para-hydroxylation sites is 1. The molecule has 1 aliphatic heterocycles. The minimum Gasteiger partial charge on any atom is -0.349 e. The molecule has 0 saturated heterocycles. The van der Waals surface area contributed by atoms with Crippen molar-refractivity contribution in [1.29, 1.82) is 0 Å². The van der Waals surface area contributed by atoms with Gasteiger partial charge in [0.25, 0.3) is 0 Å². The van der Waals surface area contributed by atoms with Crippen molar-refractivity contribution in [2.75, 3.05) is 19.4 Å². The molecule has 2 rings (SSSR count). The van der Waals surface area contributed by atoms with Crippen molar-refractivity contribution in [2.24, 2.45) is 5.92 Å². The largest absolute Gasteiger partial charge is 0.349 e. The normalized spacial score (nSPS) is 18.2. The van der Waals surface area contributed by atoms with Crippen LogP contribution in [0.15, 0.2) is 24.3 Å². The smallest absolute Gasteiger partial charge is 0.228 e. The SMILES string of the molecule is CN(C)C(=O)CC1Cc2ccccc2NC1=O. The summed E-state index contributed by atoms with van der Waals surface area (Å²) in [6.45, 7) is 0. The molecular weight excluding hydrogens is 216 g/mol. The second-order valence-electron chi connectivity index (χ2n) is 4.54. The van der Waals surface area contributed by atoms with E-state index in [2.05, 4.69) is 5.32 Å². The van der Waals surface area contributed by atoms with Crippen LogP contribution in [0.25, 0.3) is 0 Å². The number of nitrogens with one attached hydrogen (secondary N) is 1. The van der Waals surface area contributed by atoms with Gasteiger partial charge in [-0.15, -0.1) is 0 Å². The lowest BCUT2D eigenvalue weighted by Crippen LogP contribution is -2.34. The molecule has 17 heavy (non-hydrogen) atoms. The first-order valence-electron chi connectivity index (χ1n) is 5.67. The van der Waals surface area contributed by atoms with Gasteiger partial charge in [0.1, 0.15) is 0 Å². The molecular formula is C13H16N2O2. The minimum absolute atomic E-state index is 0.00969. The van der Waals surface area contributed by atoms with E-state index in [1.165, 1.54) is 4.90 Å². The second-order valence-corrected chi connectivity index (χ2v) is 4.54. The van der Waals surface area contributed by atoms with Crippen molar-refractivity contribution in [3.63, 3.8) is 0 Å². The van der Waals surface area contributed by atoms with Crippen molar-refractivity contribution >= 4 is 17.5 Å². The van der Waals surface area contributed by atoms with Crippen LogP contribution in [0.2, 0.25) is 0 Å². The first-order chi connectivity index (χ1) is 8.08. The maximum Gasteiger partial charge on any atom is 0.228 e. The number of fused-ring (bicyclic) bond motifs is 1. The van der Waals surface area contributed by atoms with E-state index in [9.17, 15) is 9.59 Å². The van der Waals surface area contributed by atoms with E-state index in [0.717, 1.165) is 11.3 Å². The summed E-state index contributed by atoms with van der Waals surface area (Å²) in [6, 6.07) is 7.71. The van der Waals surface area contributed by atoms with Crippen LogP contribution in [0.3, 0.4) is 0 Å². The number of nitrogens with zero attached hydrogens (tertiary/aromatic N) is 1. The predicted octanol–water partition coefficient (Wildman–Crippen LogP) is 1.28. The molecule has 0 saturated carbocycles. The Hall–Kier alpha value is -1.84. The average molecular weight is 232 g/mol. The molecule has 1 N–H and O–H groups in total. The van der Waals surface area contributed by atoms with Gasteiger partial charge in [-0.2, -0.15) is 0 Å². The van der Waals surface area contributed by atoms with E-state index >= 15 is 0 Å². The molecule has 1 unspecified atom stereocenters. The van der Waals surface area contributed by atoms with Gasteiger partial charge in [-0.1, -0.05) is 18.2 Å². The summed E-state index contributed by atoms with van der Waals surface area (Å²) in [4.78, 5) is 25.0. The molecule has 0 aromatic heterocycles. The number of rotatable bonds is 2. The van der Waals surface area contributed by atoms with Gasteiger partial charge >= 0.3 is 0 Å². The number of hydrogen-bond acceptors (Lipinski definition) is 2. The third-order valence-electron chi connectivity index (χ3n) is 3.03. The van der Waals surface area contributed by atoms with Gasteiger partial charge in [0, 0.05) is 26.2 Å². The van der Waals surface area contributed by atoms with Gasteiger partial charge in [0.05, 0.1) is 5.92 Å². The highest BCUT2D eigenvalue weighted by atomic mass is 16.2. The van der Waals surface area contributed by atoms with Crippen LogP contribution in [0.4, 0.5) is 5.69 Å². The number of carbonyl (C=O) groups is 2. The Balaban J connectivity index is 2.13. The van der Waals surface area contributed by atoms with Crippen molar-refractivity contribution in [3.8, 4) is 0 Å². The van der Waals surface area contributed by atoms with Gasteiger partial charge in [-0.3, -0.25) is 9.59 Å². The van der Waals surface area contributed by atoms with Crippen LogP contribution >= 0.6 is 0 Å². The molecule has 1 aromatic carbocycles. The number of benzene rings is 1. The Morgan fingerprint density at radius 3 is 2.82 bits per heavy atom. The monoisotopic (exact) mass is 232 g/mol. The van der Waals surface area contributed by atoms with Crippen molar-refractivity contribution in [1.82, 2.24) is 4.90 Å². The molecule has 0 radical (unpaired) electrons. The summed E-state index contributed by atoms with van der Waals surface area (Å²) in [7, 11) is 3.41. The lowest BCUT2D eigenvalue weighted by atomic mass is 9.90. The first kappa shape index (κ1) is 11.6. The number of hydrogen-bond donors (Lipinski definition) is 1. The Morgan fingerprint density at radius 1 is 1.41 bits per heavy atom. The van der Waals surface area contributed by atoms with Gasteiger partial charge in [-0.25, -0.2) is 0 Å². The highest BCUT2D eigenvalue weighted by molar-refractivity contribution is 5.97. The van der Waals surface area contributed by atoms with Crippen LogP contribution in [0.5, 0.6) is 0 Å². The van der Waals surface area contributed by atoms with Crippen molar-refractivity contribution in [3.05, 3.63) is 29.8 Å². The van der Waals surface area contributed by atoms with Gasteiger partial charge < -0.3 is 10.2 Å². The van der Waals surface area contributed by atoms with Crippen molar-refractivity contribution in [2.45, 2.75) is 12.8 Å². The number of amides is 2. The highest BCUT2D eigenvalue weighted by Crippen LogP contribution is 2.26. The topological polar surface area (TPSA) is 49.4 Å². The quantitative estimate of drug-likeness (QED) is 0.835. The van der Waals surface area contributed by atoms with Crippen LogP contribution in [-0.4, -0.2) is 30.8 Å². The molecule has 4 heteroatoms. The van der Waals surface area contributed by atoms with E-state index < -0.39 is 0 Å². The van der Waals surface area contributed by atoms with E-state index in [-0.39, 0.29) is 24.2 Å². The molecule has 1 heterocycles. The molecule has 0 spiro atoms. The molecule has 1 aromatic rings. The zero-order valence-corrected chi connectivity index (χ0v) is 10.1. The molecule has 1 aliphatic rings. The van der Waals surface area contributed by atoms with Gasteiger partial charge in [0.2, 0.25) is 11.8 Å². The van der Waals surface area contributed by atoms with E-state index in [1.807, 2.05) is 24.3 Å². The van der Waals surface area contributed by atoms with E-state index in [4.69, 9.17) is 0 Å². The zero-order chi connectivity index (χ0) is 12.4. The second kappa shape index (κ2) is 4.57.